The fraction of sp³-hybridized carbons (Fsp3) is 0.429. The fourth-order valence-electron chi connectivity index (χ4n) is 1.76. The minimum atomic E-state index is -2.81. The van der Waals surface area contributed by atoms with E-state index in [1.165, 1.54) is 7.11 Å². The monoisotopic (exact) mass is 301 g/mol. The first-order chi connectivity index (χ1) is 9.85. The van der Waals surface area contributed by atoms with Gasteiger partial charge in [0.1, 0.15) is 11.8 Å². The lowest BCUT2D eigenvalue weighted by Gasteiger charge is -2.18. The number of alkyl halides is 2. The van der Waals surface area contributed by atoms with E-state index >= 15 is 0 Å². The molecule has 1 rings (SSSR count). The Balaban J connectivity index is 2.78. The molecule has 21 heavy (non-hydrogen) atoms. The number of aliphatic carboxylic acids is 1. The summed E-state index contributed by atoms with van der Waals surface area (Å²) < 4.78 is 29.6. The van der Waals surface area contributed by atoms with Crippen LogP contribution in [0.2, 0.25) is 0 Å². The van der Waals surface area contributed by atoms with Crippen molar-refractivity contribution in [3.05, 3.63) is 29.8 Å². The molecule has 0 spiro atoms. The van der Waals surface area contributed by atoms with E-state index in [1.54, 1.807) is 31.2 Å². The average Bonchev–Trinajstić information content (AvgIpc) is 2.45. The van der Waals surface area contributed by atoms with Crippen LogP contribution in [0.25, 0.3) is 0 Å². The van der Waals surface area contributed by atoms with E-state index in [-0.39, 0.29) is 0 Å². The Morgan fingerprint density at radius 3 is 2.57 bits per heavy atom. The molecular weight excluding hydrogens is 284 g/mol. The van der Waals surface area contributed by atoms with Crippen molar-refractivity contribution in [2.24, 2.45) is 0 Å². The van der Waals surface area contributed by atoms with Crippen LogP contribution in [-0.2, 0) is 9.59 Å². The van der Waals surface area contributed by atoms with Crippen LogP contribution in [0.5, 0.6) is 5.75 Å². The maximum atomic E-state index is 12.3. The van der Waals surface area contributed by atoms with Gasteiger partial charge in [-0.1, -0.05) is 12.1 Å². The molecule has 0 aliphatic heterocycles. The molecule has 5 nitrogen and oxygen atoms in total. The summed E-state index contributed by atoms with van der Waals surface area (Å²) in [7, 11) is 1.48. The predicted molar refractivity (Wildman–Crippen MR) is 71.6 cm³/mol. The van der Waals surface area contributed by atoms with E-state index in [1.807, 2.05) is 0 Å². The summed E-state index contributed by atoms with van der Waals surface area (Å²) in [6, 6.07) is 5.09. The lowest BCUT2D eigenvalue weighted by Crippen LogP contribution is -2.43. The zero-order valence-corrected chi connectivity index (χ0v) is 11.7. The molecule has 7 heteroatoms. The average molecular weight is 301 g/mol. The highest BCUT2D eigenvalue weighted by Crippen LogP contribution is 2.21. The van der Waals surface area contributed by atoms with Crippen molar-refractivity contribution in [3.8, 4) is 5.75 Å². The van der Waals surface area contributed by atoms with E-state index in [0.29, 0.717) is 11.3 Å². The molecule has 0 saturated carbocycles. The summed E-state index contributed by atoms with van der Waals surface area (Å²) in [6.45, 7) is 1.56. The molecule has 0 heterocycles. The van der Waals surface area contributed by atoms with E-state index in [4.69, 9.17) is 9.84 Å². The maximum Gasteiger partial charge on any atom is 0.326 e. The zero-order chi connectivity index (χ0) is 16.0. The van der Waals surface area contributed by atoms with Gasteiger partial charge in [-0.15, -0.1) is 0 Å². The molecular formula is C14H17F2NO4. The Kier molecular flexibility index (Phi) is 6.08. The van der Waals surface area contributed by atoms with Gasteiger partial charge in [-0.2, -0.15) is 0 Å². The molecule has 0 aromatic heterocycles. The molecule has 0 aliphatic rings. The van der Waals surface area contributed by atoms with Gasteiger partial charge in [-0.05, 0) is 24.6 Å². The van der Waals surface area contributed by atoms with E-state index in [9.17, 15) is 18.4 Å². The Labute approximate surface area is 120 Å². The van der Waals surface area contributed by atoms with Gasteiger partial charge >= 0.3 is 5.97 Å². The molecule has 2 N–H and O–H groups in total. The van der Waals surface area contributed by atoms with Crippen LogP contribution in [0.4, 0.5) is 8.78 Å². The largest absolute Gasteiger partial charge is 0.497 e. The highest BCUT2D eigenvalue weighted by molar-refractivity contribution is 5.87. The molecule has 0 fully saturated rings. The van der Waals surface area contributed by atoms with Crippen molar-refractivity contribution in [2.45, 2.75) is 31.7 Å². The summed E-state index contributed by atoms with van der Waals surface area (Å²) in [4.78, 5) is 22.8. The van der Waals surface area contributed by atoms with Crippen LogP contribution in [0.1, 0.15) is 24.8 Å². The molecule has 1 aromatic carbocycles. The molecule has 0 saturated heterocycles. The molecule has 0 aliphatic carbocycles. The number of methoxy groups -OCH3 is 1. The Hall–Kier alpha value is -2.18. The van der Waals surface area contributed by atoms with Crippen molar-refractivity contribution in [3.63, 3.8) is 0 Å². The van der Waals surface area contributed by atoms with Crippen molar-refractivity contribution in [2.75, 3.05) is 7.11 Å². The van der Waals surface area contributed by atoms with Gasteiger partial charge in [0.25, 0.3) is 0 Å². The van der Waals surface area contributed by atoms with Crippen LogP contribution in [0, 0.1) is 0 Å². The van der Waals surface area contributed by atoms with Crippen molar-refractivity contribution >= 4 is 11.9 Å². The van der Waals surface area contributed by atoms with Crippen LogP contribution in [0.3, 0.4) is 0 Å². The number of carbonyl (C=O) groups excluding carboxylic acids is 1. The third-order valence-corrected chi connectivity index (χ3v) is 3.02. The second-order valence-electron chi connectivity index (χ2n) is 4.52. The Morgan fingerprint density at radius 2 is 2.05 bits per heavy atom. The number of nitrogens with one attached hydrogen (secondary N) is 1. The van der Waals surface area contributed by atoms with Gasteiger partial charge in [0.15, 0.2) is 0 Å². The van der Waals surface area contributed by atoms with E-state index < -0.39 is 36.7 Å². The number of carboxylic acids is 1. The Morgan fingerprint density at radius 1 is 1.38 bits per heavy atom. The number of rotatable bonds is 7. The predicted octanol–water partition coefficient (Wildman–Crippen LogP) is 2.02. The van der Waals surface area contributed by atoms with E-state index in [0.717, 1.165) is 0 Å². The number of carboxylic acid groups (broad SMARTS) is 1. The normalized spacial score (nSPS) is 13.6. The molecule has 2 unspecified atom stereocenters. The first-order valence-electron chi connectivity index (χ1n) is 6.30. The van der Waals surface area contributed by atoms with E-state index in [2.05, 4.69) is 5.32 Å². The van der Waals surface area contributed by atoms with Crippen LogP contribution in [-0.4, -0.2) is 36.6 Å². The van der Waals surface area contributed by atoms with Gasteiger partial charge in [-0.3, -0.25) is 4.79 Å². The lowest BCUT2D eigenvalue weighted by atomic mass is 9.99. The summed E-state index contributed by atoms with van der Waals surface area (Å²) in [5.41, 5.74) is 0.605. The summed E-state index contributed by atoms with van der Waals surface area (Å²) in [6.07, 6.45) is -3.73. The molecule has 1 aromatic rings. The summed E-state index contributed by atoms with van der Waals surface area (Å²) in [5.74, 6) is -2.24. The minimum absolute atomic E-state index is 0.550. The van der Waals surface area contributed by atoms with Crippen molar-refractivity contribution < 1.29 is 28.2 Å². The number of ether oxygens (including phenoxy) is 1. The Bertz CT molecular complexity index is 508. The smallest absolute Gasteiger partial charge is 0.326 e. The van der Waals surface area contributed by atoms with Gasteiger partial charge in [0, 0.05) is 6.42 Å². The molecule has 0 bridgehead atoms. The first-order valence-corrected chi connectivity index (χ1v) is 6.30. The van der Waals surface area contributed by atoms with Gasteiger partial charge in [-0.25, -0.2) is 13.6 Å². The van der Waals surface area contributed by atoms with Gasteiger partial charge in [0.05, 0.1) is 13.0 Å². The lowest BCUT2D eigenvalue weighted by molar-refractivity contribution is -0.143. The highest BCUT2D eigenvalue weighted by atomic mass is 19.3. The SMILES string of the molecule is COc1cccc(C(C)C(=O)NC(CC(F)F)C(=O)O)c1. The van der Waals surface area contributed by atoms with Crippen LogP contribution >= 0.6 is 0 Å². The zero-order valence-electron chi connectivity index (χ0n) is 11.7. The molecule has 116 valence electrons. The molecule has 0 radical (unpaired) electrons. The summed E-state index contributed by atoms with van der Waals surface area (Å²) >= 11 is 0. The molecule has 1 amide bonds. The van der Waals surface area contributed by atoms with Crippen molar-refractivity contribution in [1.29, 1.82) is 0 Å². The standard InChI is InChI=1S/C14H17F2NO4/c1-8(9-4-3-5-10(6-9)21-2)13(18)17-11(14(19)20)7-12(15)16/h3-6,8,11-12H,7H2,1-2H3,(H,17,18)(H,19,20). The second kappa shape index (κ2) is 7.56. The number of hydrogen-bond acceptors (Lipinski definition) is 3. The highest BCUT2D eigenvalue weighted by Gasteiger charge is 2.26. The third-order valence-electron chi connectivity index (χ3n) is 3.02. The number of carbonyl (C=O) groups is 2. The fourth-order valence-corrected chi connectivity index (χ4v) is 1.76. The molecule has 2 atom stereocenters. The number of amides is 1. The maximum absolute atomic E-state index is 12.3. The number of halogens is 2. The van der Waals surface area contributed by atoms with Gasteiger partial charge in [0.2, 0.25) is 12.3 Å². The topological polar surface area (TPSA) is 75.6 Å². The third kappa shape index (κ3) is 5.02. The minimum Gasteiger partial charge on any atom is -0.497 e. The number of benzene rings is 1. The van der Waals surface area contributed by atoms with Crippen LogP contribution < -0.4 is 10.1 Å². The summed E-state index contributed by atoms with van der Waals surface area (Å²) in [5, 5.41) is 11.0. The van der Waals surface area contributed by atoms with Crippen LogP contribution in [0.15, 0.2) is 24.3 Å². The van der Waals surface area contributed by atoms with Gasteiger partial charge < -0.3 is 15.2 Å². The number of hydrogen-bond donors (Lipinski definition) is 2. The first kappa shape index (κ1) is 16.9. The van der Waals surface area contributed by atoms with Crippen molar-refractivity contribution in [1.82, 2.24) is 5.32 Å². The quantitative estimate of drug-likeness (QED) is 0.808. The second-order valence-corrected chi connectivity index (χ2v) is 4.52.